The molecule has 0 radical (unpaired) electrons. The summed E-state index contributed by atoms with van der Waals surface area (Å²) in [6.45, 7) is 5.70. The van der Waals surface area contributed by atoms with Crippen LogP contribution in [0.1, 0.15) is 16.7 Å². The van der Waals surface area contributed by atoms with Crippen molar-refractivity contribution in [1.29, 1.82) is 0 Å². The summed E-state index contributed by atoms with van der Waals surface area (Å²) in [4.78, 5) is 29.9. The van der Waals surface area contributed by atoms with Gasteiger partial charge in [-0.1, -0.05) is 41.6 Å². The minimum absolute atomic E-state index is 0.118. The maximum absolute atomic E-state index is 12.9. The van der Waals surface area contributed by atoms with Gasteiger partial charge in [-0.3, -0.25) is 9.59 Å². The first-order valence-corrected chi connectivity index (χ1v) is 9.89. The van der Waals surface area contributed by atoms with Gasteiger partial charge in [0.15, 0.2) is 0 Å². The maximum atomic E-state index is 12.9. The number of hydrogen-bond donors (Lipinski definition) is 1. The van der Waals surface area contributed by atoms with Crippen molar-refractivity contribution in [3.05, 3.63) is 87.8 Å². The lowest BCUT2D eigenvalue weighted by molar-refractivity contribution is -0.116. The molecule has 0 fully saturated rings. The van der Waals surface area contributed by atoms with Crippen molar-refractivity contribution in [2.45, 2.75) is 27.3 Å². The molecule has 0 aliphatic carbocycles. The third kappa shape index (κ3) is 4.30. The van der Waals surface area contributed by atoms with Crippen molar-refractivity contribution in [1.82, 2.24) is 14.7 Å². The first-order chi connectivity index (χ1) is 14.9. The van der Waals surface area contributed by atoms with Crippen LogP contribution in [0.4, 0.5) is 5.69 Å². The van der Waals surface area contributed by atoms with E-state index in [1.54, 1.807) is 18.3 Å². The number of carbonyl (C=O) groups excluding carboxylic acids is 1. The van der Waals surface area contributed by atoms with Gasteiger partial charge in [0.05, 0.1) is 0 Å². The predicted octanol–water partition coefficient (Wildman–Crippen LogP) is 4.13. The number of nitrogens with one attached hydrogen (secondary N) is 1. The fraction of sp³-hybridized carbons (Fsp3) is 0.167. The lowest BCUT2D eigenvalue weighted by atomic mass is 10.1. The second-order valence-electron chi connectivity index (χ2n) is 7.46. The Morgan fingerprint density at radius 2 is 1.77 bits per heavy atom. The van der Waals surface area contributed by atoms with Gasteiger partial charge in [-0.25, -0.2) is 0 Å². The highest BCUT2D eigenvalue weighted by atomic mass is 16.5. The Kier molecular flexibility index (Phi) is 5.49. The number of carbonyl (C=O) groups is 1. The number of amides is 1. The molecule has 7 heteroatoms. The summed E-state index contributed by atoms with van der Waals surface area (Å²) in [7, 11) is 0. The number of hydrogen-bond acceptors (Lipinski definition) is 5. The second-order valence-corrected chi connectivity index (χ2v) is 7.46. The number of nitrogens with zero attached hydrogens (tertiary/aromatic N) is 3. The molecule has 0 bridgehead atoms. The summed E-state index contributed by atoms with van der Waals surface area (Å²) in [6, 6.07) is 16.8. The van der Waals surface area contributed by atoms with Crippen LogP contribution < -0.4 is 10.9 Å². The molecule has 2 aromatic carbocycles. The minimum Gasteiger partial charge on any atom is -0.333 e. The molecule has 156 valence electrons. The molecule has 0 saturated carbocycles. The molecular weight excluding hydrogens is 392 g/mol. The van der Waals surface area contributed by atoms with Crippen LogP contribution in [0, 0.1) is 20.8 Å². The van der Waals surface area contributed by atoms with E-state index in [1.165, 1.54) is 4.57 Å². The molecule has 0 unspecified atom stereocenters. The van der Waals surface area contributed by atoms with Crippen LogP contribution in [0.15, 0.2) is 70.1 Å². The lowest BCUT2D eigenvalue weighted by Gasteiger charge is -2.11. The van der Waals surface area contributed by atoms with Gasteiger partial charge in [0.2, 0.25) is 11.7 Å². The molecule has 1 N–H and O–H groups in total. The summed E-state index contributed by atoms with van der Waals surface area (Å²) < 4.78 is 6.68. The van der Waals surface area contributed by atoms with Crippen LogP contribution in [0.25, 0.3) is 22.8 Å². The average Bonchev–Trinajstić information content (AvgIpc) is 3.22. The van der Waals surface area contributed by atoms with Crippen molar-refractivity contribution in [2.75, 3.05) is 5.32 Å². The SMILES string of the molecule is Cc1ccc(C)c(NC(=O)Cn2cccc(-c3nc(-c4ccccc4C)no3)c2=O)c1. The van der Waals surface area contributed by atoms with Gasteiger partial charge in [0, 0.05) is 17.4 Å². The molecule has 4 rings (SSSR count). The second kappa shape index (κ2) is 8.39. The van der Waals surface area contributed by atoms with Gasteiger partial charge in [-0.15, -0.1) is 0 Å². The van der Waals surface area contributed by atoms with Gasteiger partial charge in [0.25, 0.3) is 11.4 Å². The largest absolute Gasteiger partial charge is 0.333 e. The zero-order valence-corrected chi connectivity index (χ0v) is 17.5. The molecule has 0 spiro atoms. The maximum Gasteiger partial charge on any atom is 0.263 e. The summed E-state index contributed by atoms with van der Waals surface area (Å²) in [5.41, 5.74) is 4.43. The minimum atomic E-state index is -0.376. The molecule has 1 amide bonds. The Hall–Kier alpha value is -4.00. The highest BCUT2D eigenvalue weighted by Crippen LogP contribution is 2.23. The van der Waals surface area contributed by atoms with Crippen LogP contribution in [0.3, 0.4) is 0 Å². The third-order valence-electron chi connectivity index (χ3n) is 5.04. The molecule has 2 aromatic heterocycles. The number of pyridine rings is 1. The van der Waals surface area contributed by atoms with Crippen LogP contribution in [-0.4, -0.2) is 20.6 Å². The Bertz CT molecular complexity index is 1320. The molecule has 4 aromatic rings. The average molecular weight is 414 g/mol. The van der Waals surface area contributed by atoms with E-state index in [0.717, 1.165) is 27.9 Å². The number of aromatic nitrogens is 3. The fourth-order valence-electron chi connectivity index (χ4n) is 3.31. The molecule has 0 aliphatic rings. The quantitative estimate of drug-likeness (QED) is 0.530. The smallest absolute Gasteiger partial charge is 0.263 e. The Morgan fingerprint density at radius 3 is 2.58 bits per heavy atom. The van der Waals surface area contributed by atoms with Crippen LogP contribution in [0.2, 0.25) is 0 Å². The topological polar surface area (TPSA) is 90.0 Å². The highest BCUT2D eigenvalue weighted by Gasteiger charge is 2.17. The molecule has 0 saturated heterocycles. The van der Waals surface area contributed by atoms with Gasteiger partial charge >= 0.3 is 0 Å². The molecular formula is C24H22N4O3. The fourth-order valence-corrected chi connectivity index (χ4v) is 3.31. The van der Waals surface area contributed by atoms with E-state index in [4.69, 9.17) is 4.52 Å². The van der Waals surface area contributed by atoms with Crippen LogP contribution in [0.5, 0.6) is 0 Å². The molecule has 2 heterocycles. The van der Waals surface area contributed by atoms with E-state index in [9.17, 15) is 9.59 Å². The Labute approximate surface area is 179 Å². The molecule has 7 nitrogen and oxygen atoms in total. The van der Waals surface area contributed by atoms with Gasteiger partial charge < -0.3 is 14.4 Å². The summed E-state index contributed by atoms with van der Waals surface area (Å²) in [5.74, 6) is 0.238. The van der Waals surface area contributed by atoms with E-state index in [0.29, 0.717) is 5.82 Å². The van der Waals surface area contributed by atoms with E-state index in [1.807, 2.05) is 63.2 Å². The first kappa shape index (κ1) is 20.3. The van der Waals surface area contributed by atoms with Gasteiger partial charge in [0.1, 0.15) is 12.1 Å². The van der Waals surface area contributed by atoms with Gasteiger partial charge in [-0.05, 0) is 55.7 Å². The number of rotatable bonds is 5. The van der Waals surface area contributed by atoms with E-state index >= 15 is 0 Å². The zero-order chi connectivity index (χ0) is 22.0. The highest BCUT2D eigenvalue weighted by molar-refractivity contribution is 5.91. The Balaban J connectivity index is 1.58. The van der Waals surface area contributed by atoms with Crippen molar-refractivity contribution < 1.29 is 9.32 Å². The number of anilines is 1. The summed E-state index contributed by atoms with van der Waals surface area (Å²) in [6.07, 6.45) is 1.56. The standard InChI is InChI=1S/C24H22N4O3/c1-15-10-11-17(3)20(13-15)25-21(29)14-28-12-6-9-19(24(28)30)23-26-22(27-31-23)18-8-5-4-7-16(18)2/h4-13H,14H2,1-3H3,(H,25,29). The van der Waals surface area contributed by atoms with Crippen LogP contribution in [-0.2, 0) is 11.3 Å². The van der Waals surface area contributed by atoms with Crippen molar-refractivity contribution in [3.63, 3.8) is 0 Å². The number of benzene rings is 2. The predicted molar refractivity (Wildman–Crippen MR) is 119 cm³/mol. The van der Waals surface area contributed by atoms with Gasteiger partial charge in [-0.2, -0.15) is 4.98 Å². The first-order valence-electron chi connectivity index (χ1n) is 9.89. The molecule has 31 heavy (non-hydrogen) atoms. The Morgan fingerprint density at radius 1 is 1.00 bits per heavy atom. The number of aryl methyl sites for hydroxylation is 3. The van der Waals surface area contributed by atoms with E-state index < -0.39 is 0 Å². The zero-order valence-electron chi connectivity index (χ0n) is 17.5. The summed E-state index contributed by atoms with van der Waals surface area (Å²) >= 11 is 0. The van der Waals surface area contributed by atoms with Crippen molar-refractivity contribution >= 4 is 11.6 Å². The molecule has 0 aliphatic heterocycles. The normalized spacial score (nSPS) is 10.8. The summed E-state index contributed by atoms with van der Waals surface area (Å²) in [5, 5.41) is 6.88. The van der Waals surface area contributed by atoms with Crippen molar-refractivity contribution in [2.24, 2.45) is 0 Å². The monoisotopic (exact) mass is 414 g/mol. The van der Waals surface area contributed by atoms with E-state index in [-0.39, 0.29) is 29.5 Å². The third-order valence-corrected chi connectivity index (χ3v) is 5.04. The van der Waals surface area contributed by atoms with Crippen molar-refractivity contribution in [3.8, 4) is 22.8 Å². The molecule has 0 atom stereocenters. The lowest BCUT2D eigenvalue weighted by Crippen LogP contribution is -2.28. The van der Waals surface area contributed by atoms with E-state index in [2.05, 4.69) is 15.5 Å². The van der Waals surface area contributed by atoms with Crippen LogP contribution >= 0.6 is 0 Å².